The first-order valence-corrected chi connectivity index (χ1v) is 7.13. The molecule has 18 heavy (non-hydrogen) atoms. The van der Waals surface area contributed by atoms with Gasteiger partial charge in [-0.2, -0.15) is 0 Å². The maximum atomic E-state index is 11.7. The predicted octanol–water partition coefficient (Wildman–Crippen LogP) is 1.08. The third-order valence-corrected chi connectivity index (χ3v) is 3.42. The summed E-state index contributed by atoms with van der Waals surface area (Å²) in [6, 6.07) is 0.428. The Bertz CT molecular complexity index is 249. The van der Waals surface area contributed by atoms with Gasteiger partial charge in [0.1, 0.15) is 0 Å². The van der Waals surface area contributed by atoms with Crippen molar-refractivity contribution < 1.29 is 4.79 Å². The molecule has 1 atom stereocenters. The molecule has 0 aromatic carbocycles. The number of likely N-dealkylation sites (N-methyl/N-ethyl adjacent to an activating group) is 1. The molecular weight excluding hydrogens is 226 g/mol. The molecule has 1 unspecified atom stereocenters. The number of rotatable bonds is 9. The van der Waals surface area contributed by atoms with Crippen molar-refractivity contribution in [2.24, 2.45) is 11.8 Å². The van der Waals surface area contributed by atoms with Crippen LogP contribution in [0.1, 0.15) is 33.1 Å². The molecule has 4 nitrogen and oxygen atoms in total. The molecule has 2 N–H and O–H groups in total. The summed E-state index contributed by atoms with van der Waals surface area (Å²) >= 11 is 0. The van der Waals surface area contributed by atoms with Crippen LogP contribution in [0.4, 0.5) is 0 Å². The Hall–Kier alpha value is -0.610. The molecule has 0 aromatic rings. The normalized spacial score (nSPS) is 17.2. The average Bonchev–Trinajstić information content (AvgIpc) is 3.07. The second-order valence-corrected chi connectivity index (χ2v) is 6.13. The van der Waals surface area contributed by atoms with Gasteiger partial charge in [0.25, 0.3) is 0 Å². The van der Waals surface area contributed by atoms with Crippen LogP contribution >= 0.6 is 0 Å². The van der Waals surface area contributed by atoms with Gasteiger partial charge in [0.2, 0.25) is 5.91 Å². The highest BCUT2D eigenvalue weighted by atomic mass is 16.1. The van der Waals surface area contributed by atoms with E-state index in [-0.39, 0.29) is 5.91 Å². The van der Waals surface area contributed by atoms with Crippen LogP contribution in [-0.2, 0) is 4.79 Å². The van der Waals surface area contributed by atoms with Crippen molar-refractivity contribution >= 4 is 5.91 Å². The van der Waals surface area contributed by atoms with Gasteiger partial charge in [0.15, 0.2) is 0 Å². The van der Waals surface area contributed by atoms with E-state index in [0.717, 1.165) is 25.4 Å². The van der Waals surface area contributed by atoms with Crippen LogP contribution in [-0.4, -0.2) is 50.6 Å². The van der Waals surface area contributed by atoms with E-state index >= 15 is 0 Å². The molecule has 1 saturated carbocycles. The first kappa shape index (κ1) is 15.4. The maximum absolute atomic E-state index is 11.7. The van der Waals surface area contributed by atoms with E-state index in [1.54, 1.807) is 0 Å². The largest absolute Gasteiger partial charge is 0.353 e. The van der Waals surface area contributed by atoms with Crippen molar-refractivity contribution in [2.45, 2.75) is 39.2 Å². The predicted molar refractivity (Wildman–Crippen MR) is 75.5 cm³/mol. The van der Waals surface area contributed by atoms with E-state index < -0.39 is 0 Å². The fourth-order valence-electron chi connectivity index (χ4n) is 2.03. The topological polar surface area (TPSA) is 44.4 Å². The lowest BCUT2D eigenvalue weighted by atomic mass is 10.0. The molecule has 106 valence electrons. The first-order valence-electron chi connectivity index (χ1n) is 7.13. The molecule has 0 spiro atoms. The molecule has 0 heterocycles. The highest BCUT2D eigenvalue weighted by Gasteiger charge is 2.20. The minimum absolute atomic E-state index is 0.117. The maximum Gasteiger partial charge on any atom is 0.234 e. The standard InChI is InChI=1S/C14H29N3O/c1-11(2)7-13(17(3)4)9-16-14(18)10-15-8-12-5-6-12/h11-13,15H,5-10H2,1-4H3,(H,16,18). The Morgan fingerprint density at radius 3 is 2.50 bits per heavy atom. The molecular formula is C14H29N3O. The summed E-state index contributed by atoms with van der Waals surface area (Å²) in [4.78, 5) is 13.9. The van der Waals surface area contributed by atoms with Crippen LogP contribution in [0.15, 0.2) is 0 Å². The van der Waals surface area contributed by atoms with Crippen LogP contribution in [0, 0.1) is 11.8 Å². The lowest BCUT2D eigenvalue weighted by Gasteiger charge is -2.26. The van der Waals surface area contributed by atoms with Crippen LogP contribution in [0.25, 0.3) is 0 Å². The van der Waals surface area contributed by atoms with E-state index in [9.17, 15) is 4.79 Å². The monoisotopic (exact) mass is 255 g/mol. The zero-order valence-electron chi connectivity index (χ0n) is 12.3. The molecule has 1 fully saturated rings. The molecule has 0 radical (unpaired) electrons. The molecule has 1 aliphatic carbocycles. The number of amides is 1. The van der Waals surface area contributed by atoms with E-state index in [1.807, 2.05) is 0 Å². The summed E-state index contributed by atoms with van der Waals surface area (Å²) < 4.78 is 0. The minimum Gasteiger partial charge on any atom is -0.353 e. The highest BCUT2D eigenvalue weighted by molar-refractivity contribution is 5.78. The van der Waals surface area contributed by atoms with Crippen LogP contribution < -0.4 is 10.6 Å². The zero-order chi connectivity index (χ0) is 13.5. The third-order valence-electron chi connectivity index (χ3n) is 3.42. The van der Waals surface area contributed by atoms with Gasteiger partial charge in [-0.15, -0.1) is 0 Å². The summed E-state index contributed by atoms with van der Waals surface area (Å²) in [5, 5.41) is 6.24. The summed E-state index contributed by atoms with van der Waals surface area (Å²) in [5.74, 6) is 1.60. The van der Waals surface area contributed by atoms with Crippen LogP contribution in [0.3, 0.4) is 0 Å². The Morgan fingerprint density at radius 2 is 2.00 bits per heavy atom. The summed E-state index contributed by atoms with van der Waals surface area (Å²) in [6.07, 6.45) is 3.76. The smallest absolute Gasteiger partial charge is 0.234 e. The van der Waals surface area contributed by atoms with Crippen molar-refractivity contribution in [1.82, 2.24) is 15.5 Å². The number of nitrogens with one attached hydrogen (secondary N) is 2. The quantitative estimate of drug-likeness (QED) is 0.648. The first-order chi connectivity index (χ1) is 8.49. The number of nitrogens with zero attached hydrogens (tertiary/aromatic N) is 1. The van der Waals surface area contributed by atoms with Crippen LogP contribution in [0.2, 0.25) is 0 Å². The number of hydrogen-bond donors (Lipinski definition) is 2. The minimum atomic E-state index is 0.117. The fraction of sp³-hybridized carbons (Fsp3) is 0.929. The zero-order valence-corrected chi connectivity index (χ0v) is 12.3. The van der Waals surface area contributed by atoms with Gasteiger partial charge in [0, 0.05) is 12.6 Å². The van der Waals surface area contributed by atoms with Crippen molar-refractivity contribution in [2.75, 3.05) is 33.7 Å². The second kappa shape index (κ2) is 7.74. The molecule has 1 rings (SSSR count). The van der Waals surface area contributed by atoms with Gasteiger partial charge < -0.3 is 15.5 Å². The summed E-state index contributed by atoms with van der Waals surface area (Å²) in [7, 11) is 4.15. The molecule has 1 aliphatic rings. The van der Waals surface area contributed by atoms with Gasteiger partial charge >= 0.3 is 0 Å². The lowest BCUT2D eigenvalue weighted by Crippen LogP contribution is -2.43. The van der Waals surface area contributed by atoms with Crippen molar-refractivity contribution in [3.05, 3.63) is 0 Å². The lowest BCUT2D eigenvalue weighted by molar-refractivity contribution is -0.120. The van der Waals surface area contributed by atoms with Gasteiger partial charge in [-0.1, -0.05) is 13.8 Å². The second-order valence-electron chi connectivity index (χ2n) is 6.13. The SMILES string of the molecule is CC(C)CC(CNC(=O)CNCC1CC1)N(C)C. The highest BCUT2D eigenvalue weighted by Crippen LogP contribution is 2.27. The van der Waals surface area contributed by atoms with E-state index in [2.05, 4.69) is 43.5 Å². The van der Waals surface area contributed by atoms with Crippen molar-refractivity contribution in [3.8, 4) is 0 Å². The van der Waals surface area contributed by atoms with Gasteiger partial charge in [-0.05, 0) is 51.7 Å². The average molecular weight is 255 g/mol. The molecule has 0 saturated heterocycles. The van der Waals surface area contributed by atoms with E-state index in [1.165, 1.54) is 12.8 Å². The van der Waals surface area contributed by atoms with Crippen molar-refractivity contribution in [3.63, 3.8) is 0 Å². The molecule has 0 aliphatic heterocycles. The fourth-order valence-corrected chi connectivity index (χ4v) is 2.03. The Morgan fingerprint density at radius 1 is 1.33 bits per heavy atom. The van der Waals surface area contributed by atoms with E-state index in [0.29, 0.717) is 18.5 Å². The Balaban J connectivity index is 2.12. The third kappa shape index (κ3) is 6.97. The molecule has 0 bridgehead atoms. The van der Waals surface area contributed by atoms with E-state index in [4.69, 9.17) is 0 Å². The summed E-state index contributed by atoms with van der Waals surface area (Å²) in [6.45, 7) is 6.63. The molecule has 0 aromatic heterocycles. The van der Waals surface area contributed by atoms with Gasteiger partial charge in [0.05, 0.1) is 6.54 Å². The Kier molecular flexibility index (Phi) is 6.65. The van der Waals surface area contributed by atoms with Crippen molar-refractivity contribution in [1.29, 1.82) is 0 Å². The summed E-state index contributed by atoms with van der Waals surface area (Å²) in [5.41, 5.74) is 0. The Labute approximate surface area is 111 Å². The number of carbonyl (C=O) groups is 1. The van der Waals surface area contributed by atoms with Gasteiger partial charge in [-0.3, -0.25) is 4.79 Å². The van der Waals surface area contributed by atoms with Crippen LogP contribution in [0.5, 0.6) is 0 Å². The molecule has 4 heteroatoms. The molecule has 1 amide bonds. The number of carbonyl (C=O) groups excluding carboxylic acids is 1. The van der Waals surface area contributed by atoms with Gasteiger partial charge in [-0.25, -0.2) is 0 Å². The number of hydrogen-bond acceptors (Lipinski definition) is 3.